The minimum Gasteiger partial charge on any atom is -0.339 e. The molecule has 0 aliphatic heterocycles. The maximum atomic E-state index is 14.3. The number of carbonyl (C=O) groups is 1. The van der Waals surface area contributed by atoms with Gasteiger partial charge in [0.1, 0.15) is 11.5 Å². The van der Waals surface area contributed by atoms with Crippen molar-refractivity contribution in [1.82, 2.24) is 14.9 Å². The van der Waals surface area contributed by atoms with Crippen LogP contribution >= 0.6 is 0 Å². The fourth-order valence-electron chi connectivity index (χ4n) is 2.79. The Hall–Kier alpha value is -3.63. The third-order valence-corrected chi connectivity index (χ3v) is 4.32. The molecule has 2 heterocycles. The molecule has 3 aromatic rings. The number of carbonyl (C=O) groups excluding carboxylic acids is 1. The van der Waals surface area contributed by atoms with Gasteiger partial charge in [0, 0.05) is 18.5 Å². The Labute approximate surface area is 171 Å². The van der Waals surface area contributed by atoms with Gasteiger partial charge in [0.25, 0.3) is 11.5 Å². The van der Waals surface area contributed by atoms with E-state index in [0.29, 0.717) is 6.20 Å². The Bertz CT molecular complexity index is 1140. The maximum Gasteiger partial charge on any atom is 0.416 e. The zero-order chi connectivity index (χ0) is 22.8. The van der Waals surface area contributed by atoms with Crippen molar-refractivity contribution in [2.45, 2.75) is 18.8 Å². The Balaban J connectivity index is 2.00. The van der Waals surface area contributed by atoms with E-state index in [1.165, 1.54) is 12.3 Å². The summed E-state index contributed by atoms with van der Waals surface area (Å²) in [7, 11) is 0. The summed E-state index contributed by atoms with van der Waals surface area (Å²) in [6.45, 7) is -3.20. The highest BCUT2D eigenvalue weighted by atomic mass is 19.4. The first-order chi connectivity index (χ1) is 14.6. The highest BCUT2D eigenvalue weighted by Crippen LogP contribution is 2.31. The summed E-state index contributed by atoms with van der Waals surface area (Å²) in [5, 5.41) is 2.37. The number of hydrogen-bond acceptors (Lipinski definition) is 3. The van der Waals surface area contributed by atoms with Gasteiger partial charge in [-0.2, -0.15) is 22.0 Å². The van der Waals surface area contributed by atoms with E-state index in [-0.39, 0.29) is 21.4 Å². The SMILES string of the molecule is O=C(N[C@@H](c1ccc(C(F)(F)F)cc1)c1ncccc1F)c1ccc(=O)n(C(F)F)c1. The summed E-state index contributed by atoms with van der Waals surface area (Å²) in [6, 6.07) is 6.35. The lowest BCUT2D eigenvalue weighted by atomic mass is 10.0. The largest absolute Gasteiger partial charge is 0.416 e. The van der Waals surface area contributed by atoms with Gasteiger partial charge in [-0.1, -0.05) is 12.1 Å². The molecule has 0 aliphatic carbocycles. The molecular weight excluding hydrogens is 428 g/mol. The average Bonchev–Trinajstić information content (AvgIpc) is 2.72. The van der Waals surface area contributed by atoms with Crippen LogP contribution in [0.4, 0.5) is 26.3 Å². The predicted octanol–water partition coefficient (Wildman–Crippen LogP) is 4.32. The van der Waals surface area contributed by atoms with E-state index < -0.39 is 41.6 Å². The zero-order valence-electron chi connectivity index (χ0n) is 15.4. The van der Waals surface area contributed by atoms with Gasteiger partial charge in [0.2, 0.25) is 0 Å². The third kappa shape index (κ3) is 4.93. The van der Waals surface area contributed by atoms with Crippen molar-refractivity contribution in [3.05, 3.63) is 99.5 Å². The van der Waals surface area contributed by atoms with Gasteiger partial charge in [0.15, 0.2) is 0 Å². The van der Waals surface area contributed by atoms with Crippen molar-refractivity contribution in [2.24, 2.45) is 0 Å². The number of rotatable bonds is 5. The number of halogens is 6. The molecule has 0 saturated carbocycles. The van der Waals surface area contributed by atoms with Crippen LogP contribution in [0.2, 0.25) is 0 Å². The van der Waals surface area contributed by atoms with Gasteiger partial charge in [0.05, 0.1) is 17.2 Å². The van der Waals surface area contributed by atoms with E-state index in [0.717, 1.165) is 42.5 Å². The van der Waals surface area contributed by atoms with Gasteiger partial charge >= 0.3 is 12.7 Å². The van der Waals surface area contributed by atoms with Crippen LogP contribution in [-0.2, 0) is 6.18 Å². The molecule has 0 saturated heterocycles. The molecule has 0 bridgehead atoms. The van der Waals surface area contributed by atoms with Crippen molar-refractivity contribution in [2.75, 3.05) is 0 Å². The first kappa shape index (κ1) is 22.1. The van der Waals surface area contributed by atoms with Crippen molar-refractivity contribution >= 4 is 5.91 Å². The molecule has 31 heavy (non-hydrogen) atoms. The van der Waals surface area contributed by atoms with Gasteiger partial charge < -0.3 is 5.32 Å². The number of pyridine rings is 2. The quantitative estimate of drug-likeness (QED) is 0.600. The topological polar surface area (TPSA) is 64.0 Å². The molecule has 1 atom stereocenters. The van der Waals surface area contributed by atoms with Crippen LogP contribution < -0.4 is 10.9 Å². The summed E-state index contributed by atoms with van der Waals surface area (Å²) >= 11 is 0. The van der Waals surface area contributed by atoms with Gasteiger partial charge in [-0.05, 0) is 35.9 Å². The van der Waals surface area contributed by atoms with E-state index in [1.54, 1.807) is 0 Å². The number of nitrogens with one attached hydrogen (secondary N) is 1. The zero-order valence-corrected chi connectivity index (χ0v) is 15.4. The molecule has 0 fully saturated rings. The molecule has 3 rings (SSSR count). The van der Waals surface area contributed by atoms with E-state index in [4.69, 9.17) is 0 Å². The van der Waals surface area contributed by atoms with Crippen LogP contribution in [0.25, 0.3) is 0 Å². The van der Waals surface area contributed by atoms with Crippen LogP contribution in [0.15, 0.2) is 65.7 Å². The van der Waals surface area contributed by atoms with Crippen LogP contribution in [0.3, 0.4) is 0 Å². The summed E-state index contributed by atoms with van der Waals surface area (Å²) in [5.41, 5.74) is -2.56. The molecule has 0 spiro atoms. The van der Waals surface area contributed by atoms with Crippen molar-refractivity contribution in [1.29, 1.82) is 0 Å². The maximum absolute atomic E-state index is 14.3. The van der Waals surface area contributed by atoms with Crippen LogP contribution in [-0.4, -0.2) is 15.5 Å². The molecule has 11 heteroatoms. The summed E-state index contributed by atoms with van der Waals surface area (Å²) in [4.78, 5) is 27.9. The predicted molar refractivity (Wildman–Crippen MR) is 96.9 cm³/mol. The Morgan fingerprint density at radius 1 is 1.03 bits per heavy atom. The molecule has 5 nitrogen and oxygen atoms in total. The fourth-order valence-corrected chi connectivity index (χ4v) is 2.79. The Morgan fingerprint density at radius 3 is 2.29 bits per heavy atom. The number of nitrogens with zero attached hydrogens (tertiary/aromatic N) is 2. The molecule has 162 valence electrons. The van der Waals surface area contributed by atoms with E-state index >= 15 is 0 Å². The van der Waals surface area contributed by atoms with Gasteiger partial charge in [-0.15, -0.1) is 0 Å². The second-order valence-corrected chi connectivity index (χ2v) is 6.34. The minimum absolute atomic E-state index is 0.0311. The molecule has 1 N–H and O–H groups in total. The number of alkyl halides is 5. The molecule has 0 unspecified atom stereocenters. The molecule has 2 aromatic heterocycles. The average molecular weight is 441 g/mol. The standard InChI is InChI=1S/C20H13F6N3O2/c21-14-2-1-9-27-17(14)16(11-3-6-13(7-4-11)20(24,25)26)28-18(31)12-5-8-15(30)29(10-12)19(22)23/h1-10,16,19H,(H,28,31)/t16-/m0/s1. The molecule has 1 aromatic carbocycles. The number of amides is 1. The van der Waals surface area contributed by atoms with Crippen LogP contribution in [0, 0.1) is 5.82 Å². The van der Waals surface area contributed by atoms with E-state index in [9.17, 15) is 35.9 Å². The number of benzene rings is 1. The summed E-state index contributed by atoms with van der Waals surface area (Å²) in [5.74, 6) is -1.81. The Morgan fingerprint density at radius 2 is 1.71 bits per heavy atom. The van der Waals surface area contributed by atoms with Crippen LogP contribution in [0.1, 0.15) is 39.8 Å². The second-order valence-electron chi connectivity index (χ2n) is 6.34. The summed E-state index contributed by atoms with van der Waals surface area (Å²) < 4.78 is 78.8. The molecule has 1 amide bonds. The lowest BCUT2D eigenvalue weighted by Crippen LogP contribution is -2.32. The van der Waals surface area contributed by atoms with E-state index in [1.807, 2.05) is 0 Å². The van der Waals surface area contributed by atoms with Crippen molar-refractivity contribution in [3.8, 4) is 0 Å². The second kappa shape index (κ2) is 8.62. The lowest BCUT2D eigenvalue weighted by molar-refractivity contribution is -0.137. The van der Waals surface area contributed by atoms with Gasteiger partial charge in [-0.3, -0.25) is 19.1 Å². The van der Waals surface area contributed by atoms with Gasteiger partial charge in [-0.25, -0.2) is 4.39 Å². The first-order valence-electron chi connectivity index (χ1n) is 8.66. The molecule has 0 aliphatic rings. The monoisotopic (exact) mass is 441 g/mol. The number of aromatic nitrogens is 2. The highest BCUT2D eigenvalue weighted by Gasteiger charge is 2.31. The summed E-state index contributed by atoms with van der Waals surface area (Å²) in [6.07, 6.45) is -2.75. The molecule has 0 radical (unpaired) electrons. The highest BCUT2D eigenvalue weighted by molar-refractivity contribution is 5.94. The smallest absolute Gasteiger partial charge is 0.339 e. The Kier molecular flexibility index (Phi) is 6.14. The fraction of sp³-hybridized carbons (Fsp3) is 0.150. The number of hydrogen-bond donors (Lipinski definition) is 1. The minimum atomic E-state index is -4.60. The van der Waals surface area contributed by atoms with E-state index in [2.05, 4.69) is 10.3 Å². The first-order valence-corrected chi connectivity index (χ1v) is 8.66. The normalized spacial score (nSPS) is 12.6. The third-order valence-electron chi connectivity index (χ3n) is 4.32. The van der Waals surface area contributed by atoms with Crippen LogP contribution in [0.5, 0.6) is 0 Å². The lowest BCUT2D eigenvalue weighted by Gasteiger charge is -2.20. The van der Waals surface area contributed by atoms with Crippen molar-refractivity contribution < 1.29 is 31.1 Å². The van der Waals surface area contributed by atoms with Crippen molar-refractivity contribution in [3.63, 3.8) is 0 Å². The molecular formula is C20H13F6N3O2.